The van der Waals surface area contributed by atoms with E-state index in [1.54, 1.807) is 17.2 Å². The number of carbonyl (C=O) groups excluding carboxylic acids is 1. The standard InChI is InChI=1S/C19H23N5O2/c1-12-5-6-14(9-13(12)10-24(11-25)19(2,3)4)21-17-16-15(22-23-17)7-8-20-18(16)26/h5-9,11H,10H2,1-4H3,(H,20,26)(H2,21,22,23). The minimum absolute atomic E-state index is 0.203. The van der Waals surface area contributed by atoms with Gasteiger partial charge in [0.05, 0.1) is 5.52 Å². The van der Waals surface area contributed by atoms with Crippen LogP contribution in [-0.2, 0) is 11.3 Å². The van der Waals surface area contributed by atoms with Crippen LogP contribution in [-0.4, -0.2) is 32.0 Å². The van der Waals surface area contributed by atoms with Crippen molar-refractivity contribution in [3.63, 3.8) is 0 Å². The molecule has 0 aliphatic rings. The second-order valence-corrected chi connectivity index (χ2v) is 7.34. The number of benzene rings is 1. The fourth-order valence-corrected chi connectivity index (χ4v) is 2.74. The molecule has 2 aromatic heterocycles. The summed E-state index contributed by atoms with van der Waals surface area (Å²) in [4.78, 5) is 27.9. The normalized spacial score (nSPS) is 11.5. The molecule has 2 heterocycles. The SMILES string of the molecule is Cc1ccc(Nc2n[nH]c3cc[nH]c(=O)c23)cc1CN(C=O)C(C)(C)C. The molecule has 0 atom stereocenters. The molecular weight excluding hydrogens is 330 g/mol. The van der Waals surface area contributed by atoms with Crippen molar-refractivity contribution < 1.29 is 4.79 Å². The van der Waals surface area contributed by atoms with E-state index >= 15 is 0 Å². The summed E-state index contributed by atoms with van der Waals surface area (Å²) in [7, 11) is 0. The van der Waals surface area contributed by atoms with Crippen LogP contribution in [0.1, 0.15) is 31.9 Å². The highest BCUT2D eigenvalue weighted by atomic mass is 16.1. The maximum atomic E-state index is 12.1. The van der Waals surface area contributed by atoms with Gasteiger partial charge in [-0.25, -0.2) is 0 Å². The largest absolute Gasteiger partial charge is 0.338 e. The first-order valence-electron chi connectivity index (χ1n) is 8.44. The Morgan fingerprint density at radius 3 is 2.73 bits per heavy atom. The Labute approximate surface area is 151 Å². The third-order valence-corrected chi connectivity index (χ3v) is 4.43. The Balaban J connectivity index is 1.92. The van der Waals surface area contributed by atoms with E-state index in [9.17, 15) is 9.59 Å². The number of aromatic nitrogens is 3. The zero-order valence-electron chi connectivity index (χ0n) is 15.4. The first-order chi connectivity index (χ1) is 12.3. The van der Waals surface area contributed by atoms with Crippen LogP contribution in [0, 0.1) is 6.92 Å². The molecule has 7 heteroatoms. The van der Waals surface area contributed by atoms with Crippen molar-refractivity contribution >= 4 is 28.8 Å². The fraction of sp³-hybridized carbons (Fsp3) is 0.316. The molecule has 136 valence electrons. The van der Waals surface area contributed by atoms with Gasteiger partial charge < -0.3 is 15.2 Å². The second-order valence-electron chi connectivity index (χ2n) is 7.34. The molecule has 0 fully saturated rings. The lowest BCUT2D eigenvalue weighted by atomic mass is 10.0. The Morgan fingerprint density at radius 2 is 2.04 bits per heavy atom. The van der Waals surface area contributed by atoms with Gasteiger partial charge in [0.25, 0.3) is 5.56 Å². The molecule has 3 N–H and O–H groups in total. The van der Waals surface area contributed by atoms with Crippen LogP contribution in [0.4, 0.5) is 11.5 Å². The molecular formula is C19H23N5O2. The van der Waals surface area contributed by atoms with Gasteiger partial charge >= 0.3 is 0 Å². The summed E-state index contributed by atoms with van der Waals surface area (Å²) < 4.78 is 0. The zero-order valence-corrected chi connectivity index (χ0v) is 15.4. The Bertz CT molecular complexity index is 997. The third-order valence-electron chi connectivity index (χ3n) is 4.43. The number of pyridine rings is 1. The van der Waals surface area contributed by atoms with Crippen LogP contribution in [0.5, 0.6) is 0 Å². The summed E-state index contributed by atoms with van der Waals surface area (Å²) in [6.45, 7) is 8.53. The lowest BCUT2D eigenvalue weighted by molar-refractivity contribution is -0.123. The van der Waals surface area contributed by atoms with E-state index in [2.05, 4.69) is 20.5 Å². The third kappa shape index (κ3) is 3.46. The lowest BCUT2D eigenvalue weighted by Crippen LogP contribution is -2.39. The predicted molar refractivity (Wildman–Crippen MR) is 103 cm³/mol. The van der Waals surface area contributed by atoms with Gasteiger partial charge in [-0.05, 0) is 57.0 Å². The minimum Gasteiger partial charge on any atom is -0.338 e. The van der Waals surface area contributed by atoms with Gasteiger partial charge in [0.1, 0.15) is 5.39 Å². The summed E-state index contributed by atoms with van der Waals surface area (Å²) in [6.07, 6.45) is 2.46. The molecule has 1 aromatic carbocycles. The fourth-order valence-electron chi connectivity index (χ4n) is 2.74. The highest BCUT2D eigenvalue weighted by molar-refractivity contribution is 5.90. The zero-order chi connectivity index (χ0) is 18.9. The van der Waals surface area contributed by atoms with Gasteiger partial charge in [0.2, 0.25) is 6.41 Å². The molecule has 0 aliphatic carbocycles. The van der Waals surface area contributed by atoms with Crippen LogP contribution < -0.4 is 10.9 Å². The van der Waals surface area contributed by atoms with Crippen LogP contribution >= 0.6 is 0 Å². The number of hydrogen-bond donors (Lipinski definition) is 3. The van der Waals surface area contributed by atoms with Gasteiger partial charge in [-0.3, -0.25) is 14.7 Å². The summed E-state index contributed by atoms with van der Waals surface area (Å²) in [5, 5.41) is 10.7. The van der Waals surface area contributed by atoms with Crippen LogP contribution in [0.3, 0.4) is 0 Å². The summed E-state index contributed by atoms with van der Waals surface area (Å²) >= 11 is 0. The molecule has 26 heavy (non-hydrogen) atoms. The van der Waals surface area contributed by atoms with Gasteiger partial charge in [-0.1, -0.05) is 6.07 Å². The Morgan fingerprint density at radius 1 is 1.27 bits per heavy atom. The number of anilines is 2. The van der Waals surface area contributed by atoms with Gasteiger partial charge in [0, 0.05) is 24.0 Å². The first-order valence-corrected chi connectivity index (χ1v) is 8.44. The quantitative estimate of drug-likeness (QED) is 0.615. The van der Waals surface area contributed by atoms with Crippen LogP contribution in [0.15, 0.2) is 35.3 Å². The van der Waals surface area contributed by atoms with Crippen LogP contribution in [0.2, 0.25) is 0 Å². The van der Waals surface area contributed by atoms with E-state index in [0.717, 1.165) is 23.2 Å². The topological polar surface area (TPSA) is 93.9 Å². The molecule has 3 aromatic rings. The molecule has 0 unspecified atom stereocenters. The van der Waals surface area contributed by atoms with Crippen molar-refractivity contribution in [3.8, 4) is 0 Å². The number of hydrogen-bond acceptors (Lipinski definition) is 4. The number of carbonyl (C=O) groups is 1. The maximum absolute atomic E-state index is 12.1. The predicted octanol–water partition coefficient (Wildman–Crippen LogP) is 3.06. The Hall–Kier alpha value is -3.09. The van der Waals surface area contributed by atoms with Crippen molar-refractivity contribution in [2.75, 3.05) is 5.32 Å². The number of aryl methyl sites for hydroxylation is 1. The summed E-state index contributed by atoms with van der Waals surface area (Å²) in [5.41, 5.74) is 3.14. The van der Waals surface area contributed by atoms with E-state index in [4.69, 9.17) is 0 Å². The summed E-state index contributed by atoms with van der Waals surface area (Å²) in [6, 6.07) is 7.66. The van der Waals surface area contributed by atoms with E-state index in [0.29, 0.717) is 23.3 Å². The number of fused-ring (bicyclic) bond motifs is 1. The first kappa shape index (κ1) is 17.7. The lowest BCUT2D eigenvalue weighted by Gasteiger charge is -2.32. The summed E-state index contributed by atoms with van der Waals surface area (Å²) in [5.74, 6) is 0.472. The van der Waals surface area contributed by atoms with Crippen LogP contribution in [0.25, 0.3) is 10.9 Å². The van der Waals surface area contributed by atoms with E-state index in [-0.39, 0.29) is 11.1 Å². The van der Waals surface area contributed by atoms with Gasteiger partial charge in [-0.15, -0.1) is 0 Å². The van der Waals surface area contributed by atoms with E-state index in [1.807, 2.05) is 45.9 Å². The molecule has 0 spiro atoms. The van der Waals surface area contributed by atoms with Crippen molar-refractivity contribution in [3.05, 3.63) is 51.9 Å². The van der Waals surface area contributed by atoms with Crippen molar-refractivity contribution in [1.29, 1.82) is 0 Å². The highest BCUT2D eigenvalue weighted by Crippen LogP contribution is 2.24. The monoisotopic (exact) mass is 353 g/mol. The van der Waals surface area contributed by atoms with E-state index < -0.39 is 0 Å². The molecule has 1 amide bonds. The molecule has 0 aliphatic heterocycles. The van der Waals surface area contributed by atoms with Crippen molar-refractivity contribution in [1.82, 2.24) is 20.1 Å². The number of H-pyrrole nitrogens is 2. The van der Waals surface area contributed by atoms with E-state index in [1.165, 1.54) is 0 Å². The molecule has 0 saturated carbocycles. The number of nitrogens with zero attached hydrogens (tertiary/aromatic N) is 2. The van der Waals surface area contributed by atoms with Gasteiger partial charge in [-0.2, -0.15) is 5.10 Å². The molecule has 0 bridgehead atoms. The highest BCUT2D eigenvalue weighted by Gasteiger charge is 2.20. The molecule has 7 nitrogen and oxygen atoms in total. The Kier molecular flexibility index (Phi) is 4.54. The second kappa shape index (κ2) is 6.67. The van der Waals surface area contributed by atoms with Crippen molar-refractivity contribution in [2.24, 2.45) is 0 Å². The number of aromatic amines is 2. The number of rotatable bonds is 5. The van der Waals surface area contributed by atoms with Gasteiger partial charge in [0.15, 0.2) is 5.82 Å². The number of nitrogens with one attached hydrogen (secondary N) is 3. The smallest absolute Gasteiger partial charge is 0.261 e. The average molecular weight is 353 g/mol. The number of amides is 1. The molecule has 3 rings (SSSR count). The molecule has 0 saturated heterocycles. The van der Waals surface area contributed by atoms with Crippen molar-refractivity contribution in [2.45, 2.75) is 39.8 Å². The minimum atomic E-state index is -0.261. The maximum Gasteiger partial charge on any atom is 0.261 e. The molecule has 0 radical (unpaired) electrons. The average Bonchev–Trinajstić information content (AvgIpc) is 2.98.